The Morgan fingerprint density at radius 3 is 2.53 bits per heavy atom. The van der Waals surface area contributed by atoms with E-state index in [1.54, 1.807) is 11.3 Å². The number of hydrogen-bond acceptors (Lipinski definition) is 4. The summed E-state index contributed by atoms with van der Waals surface area (Å²) in [6, 6.07) is 0. The normalized spacial score (nSPS) is 17.8. The van der Waals surface area contributed by atoms with Crippen molar-refractivity contribution in [3.05, 3.63) is 10.0 Å². The molecule has 2 rings (SSSR count). The molecule has 1 aliphatic heterocycles. The Morgan fingerprint density at radius 2 is 1.95 bits per heavy atom. The molecule has 0 aliphatic carbocycles. The summed E-state index contributed by atoms with van der Waals surface area (Å²) in [4.78, 5) is 6.65. The number of likely N-dealkylation sites (tertiary alicyclic amines) is 1. The van der Waals surface area contributed by atoms with Crippen LogP contribution in [0.4, 0.5) is 0 Å². The highest BCUT2D eigenvalue weighted by Crippen LogP contribution is 2.19. The average Bonchev–Trinajstić information content (AvgIpc) is 2.70. The summed E-state index contributed by atoms with van der Waals surface area (Å²) >= 11 is 1.63. The first kappa shape index (κ1) is 14.2. The van der Waals surface area contributed by atoms with Crippen molar-refractivity contribution in [2.45, 2.75) is 52.0 Å². The van der Waals surface area contributed by atoms with Crippen LogP contribution in [0, 0.1) is 0 Å². The number of nitrogens with zero attached hydrogens (tertiary/aromatic N) is 4. The summed E-state index contributed by atoms with van der Waals surface area (Å²) in [5.41, 5.74) is 6.06. The number of guanidine groups is 1. The van der Waals surface area contributed by atoms with Gasteiger partial charge >= 0.3 is 0 Å². The number of rotatable bonds is 3. The van der Waals surface area contributed by atoms with Crippen LogP contribution in [0.3, 0.4) is 0 Å². The van der Waals surface area contributed by atoms with Gasteiger partial charge in [0, 0.05) is 19.0 Å². The molecule has 0 unspecified atom stereocenters. The summed E-state index contributed by atoms with van der Waals surface area (Å²) < 4.78 is 0. The third kappa shape index (κ3) is 4.16. The quantitative estimate of drug-likeness (QED) is 0.682. The van der Waals surface area contributed by atoms with E-state index < -0.39 is 0 Å². The van der Waals surface area contributed by atoms with Crippen LogP contribution >= 0.6 is 11.3 Å². The lowest BCUT2D eigenvalue weighted by Gasteiger charge is -2.20. The standard InChI is InChI=1S/C13H23N5S/c1-10(2)12-17-16-11(19-12)9-15-13(14)18-7-5-3-4-6-8-18/h10H,3-9H2,1-2H3,(H2,14,15). The Labute approximate surface area is 118 Å². The molecule has 0 aromatic carbocycles. The third-order valence-electron chi connectivity index (χ3n) is 3.28. The van der Waals surface area contributed by atoms with Crippen LogP contribution in [-0.4, -0.2) is 34.1 Å². The molecule has 19 heavy (non-hydrogen) atoms. The van der Waals surface area contributed by atoms with Crippen molar-refractivity contribution in [3.63, 3.8) is 0 Å². The molecule has 0 saturated carbocycles. The van der Waals surface area contributed by atoms with Crippen LogP contribution < -0.4 is 5.73 Å². The SMILES string of the molecule is CC(C)c1nnc(CN=C(N)N2CCCCCC2)s1. The van der Waals surface area contributed by atoms with Gasteiger partial charge in [-0.25, -0.2) is 4.99 Å². The molecule has 1 aromatic rings. The Balaban J connectivity index is 1.92. The molecule has 0 radical (unpaired) electrons. The molecule has 6 heteroatoms. The van der Waals surface area contributed by atoms with E-state index in [1.165, 1.54) is 25.7 Å². The first-order valence-electron chi connectivity index (χ1n) is 7.04. The highest BCUT2D eigenvalue weighted by molar-refractivity contribution is 7.11. The van der Waals surface area contributed by atoms with Gasteiger partial charge in [0.1, 0.15) is 10.0 Å². The van der Waals surface area contributed by atoms with Crippen molar-refractivity contribution in [2.75, 3.05) is 13.1 Å². The van der Waals surface area contributed by atoms with Gasteiger partial charge in [-0.15, -0.1) is 10.2 Å². The average molecular weight is 281 g/mol. The van der Waals surface area contributed by atoms with Gasteiger partial charge in [-0.1, -0.05) is 38.0 Å². The molecule has 0 atom stereocenters. The fourth-order valence-electron chi connectivity index (χ4n) is 2.11. The van der Waals surface area contributed by atoms with E-state index in [-0.39, 0.29) is 0 Å². The summed E-state index contributed by atoms with van der Waals surface area (Å²) in [6.07, 6.45) is 5.04. The minimum atomic E-state index is 0.429. The van der Waals surface area contributed by atoms with E-state index in [0.29, 0.717) is 18.4 Å². The van der Waals surface area contributed by atoms with E-state index in [9.17, 15) is 0 Å². The van der Waals surface area contributed by atoms with Gasteiger partial charge in [0.15, 0.2) is 5.96 Å². The molecule has 2 N–H and O–H groups in total. The second-order valence-corrected chi connectivity index (χ2v) is 6.36. The number of aromatic nitrogens is 2. The number of nitrogens with two attached hydrogens (primary N) is 1. The molecular formula is C13H23N5S. The van der Waals surface area contributed by atoms with Crippen molar-refractivity contribution in [1.82, 2.24) is 15.1 Å². The smallest absolute Gasteiger partial charge is 0.191 e. The van der Waals surface area contributed by atoms with Crippen molar-refractivity contribution in [1.29, 1.82) is 0 Å². The summed E-state index contributed by atoms with van der Waals surface area (Å²) in [6.45, 7) is 6.86. The number of aliphatic imine (C=N–C) groups is 1. The summed E-state index contributed by atoms with van der Waals surface area (Å²) in [5, 5.41) is 10.3. The monoisotopic (exact) mass is 281 g/mol. The molecule has 0 spiro atoms. The maximum absolute atomic E-state index is 6.06. The van der Waals surface area contributed by atoms with Crippen LogP contribution in [0.2, 0.25) is 0 Å². The molecule has 1 aliphatic rings. The van der Waals surface area contributed by atoms with Gasteiger partial charge in [0.25, 0.3) is 0 Å². The molecule has 0 bridgehead atoms. The van der Waals surface area contributed by atoms with Gasteiger partial charge in [-0.2, -0.15) is 0 Å². The van der Waals surface area contributed by atoms with Gasteiger partial charge in [0.05, 0.1) is 6.54 Å². The van der Waals surface area contributed by atoms with Gasteiger partial charge in [-0.3, -0.25) is 0 Å². The predicted molar refractivity (Wildman–Crippen MR) is 79.4 cm³/mol. The van der Waals surface area contributed by atoms with Crippen LogP contribution in [0.5, 0.6) is 0 Å². The van der Waals surface area contributed by atoms with Crippen molar-refractivity contribution in [2.24, 2.45) is 10.7 Å². The van der Waals surface area contributed by atoms with Crippen molar-refractivity contribution >= 4 is 17.3 Å². The molecule has 1 aromatic heterocycles. The first-order chi connectivity index (χ1) is 9.16. The first-order valence-corrected chi connectivity index (χ1v) is 7.85. The second-order valence-electron chi connectivity index (χ2n) is 5.26. The molecule has 0 amide bonds. The van der Waals surface area contributed by atoms with Gasteiger partial charge in [-0.05, 0) is 12.8 Å². The maximum atomic E-state index is 6.06. The largest absolute Gasteiger partial charge is 0.370 e. The van der Waals surface area contributed by atoms with E-state index in [2.05, 4.69) is 33.9 Å². The third-order valence-corrected chi connectivity index (χ3v) is 4.49. The minimum absolute atomic E-state index is 0.429. The zero-order valence-corrected chi connectivity index (χ0v) is 12.6. The van der Waals surface area contributed by atoms with E-state index in [4.69, 9.17) is 5.73 Å². The molecule has 1 saturated heterocycles. The zero-order valence-electron chi connectivity index (χ0n) is 11.8. The van der Waals surface area contributed by atoms with Gasteiger partial charge < -0.3 is 10.6 Å². The highest BCUT2D eigenvalue weighted by Gasteiger charge is 2.11. The molecule has 5 nitrogen and oxygen atoms in total. The summed E-state index contributed by atoms with van der Waals surface area (Å²) in [5.74, 6) is 1.08. The van der Waals surface area contributed by atoms with E-state index in [1.807, 2.05) is 0 Å². The second kappa shape index (κ2) is 6.84. The molecule has 2 heterocycles. The lowest BCUT2D eigenvalue weighted by Crippen LogP contribution is -2.38. The lowest BCUT2D eigenvalue weighted by atomic mass is 10.2. The Hall–Kier alpha value is -1.17. The maximum Gasteiger partial charge on any atom is 0.191 e. The predicted octanol–water partition coefficient (Wildman–Crippen LogP) is 2.35. The molecule has 106 valence electrons. The van der Waals surface area contributed by atoms with Crippen LogP contribution in [-0.2, 0) is 6.54 Å². The minimum Gasteiger partial charge on any atom is -0.370 e. The fourth-order valence-corrected chi connectivity index (χ4v) is 2.88. The molecule has 1 fully saturated rings. The zero-order chi connectivity index (χ0) is 13.7. The van der Waals surface area contributed by atoms with Crippen molar-refractivity contribution in [3.8, 4) is 0 Å². The van der Waals surface area contributed by atoms with Crippen LogP contribution in [0.15, 0.2) is 4.99 Å². The van der Waals surface area contributed by atoms with E-state index >= 15 is 0 Å². The Bertz CT molecular complexity index is 418. The Kier molecular flexibility index (Phi) is 5.13. The van der Waals surface area contributed by atoms with Crippen LogP contribution in [0.25, 0.3) is 0 Å². The van der Waals surface area contributed by atoms with Crippen molar-refractivity contribution < 1.29 is 0 Å². The fraction of sp³-hybridized carbons (Fsp3) is 0.769. The Morgan fingerprint density at radius 1 is 1.26 bits per heavy atom. The van der Waals surface area contributed by atoms with Crippen LogP contribution in [0.1, 0.15) is 55.5 Å². The topological polar surface area (TPSA) is 67.4 Å². The summed E-state index contributed by atoms with van der Waals surface area (Å²) in [7, 11) is 0. The van der Waals surface area contributed by atoms with Gasteiger partial charge in [0.2, 0.25) is 0 Å². The lowest BCUT2D eigenvalue weighted by molar-refractivity contribution is 0.428. The highest BCUT2D eigenvalue weighted by atomic mass is 32.1. The molecular weight excluding hydrogens is 258 g/mol. The van der Waals surface area contributed by atoms with E-state index in [0.717, 1.165) is 23.1 Å². The number of hydrogen-bond donors (Lipinski definition) is 1.